The number of likely N-dealkylation sites (tertiary alicyclic amines) is 1. The minimum absolute atomic E-state index is 0.0796. The molecule has 0 saturated carbocycles. The molecule has 1 saturated heterocycles. The van der Waals surface area contributed by atoms with Crippen LogP contribution in [0.4, 0.5) is 0 Å². The highest BCUT2D eigenvalue weighted by atomic mass is 32.1. The molecule has 5 nitrogen and oxygen atoms in total. The Labute approximate surface area is 115 Å². The van der Waals surface area contributed by atoms with Crippen LogP contribution >= 0.6 is 23.6 Å². The molecule has 1 amide bonds. The van der Waals surface area contributed by atoms with Crippen LogP contribution in [0.15, 0.2) is 10.9 Å². The minimum atomic E-state index is -0.0796. The average Bonchev–Trinajstić information content (AvgIpc) is 2.84. The Morgan fingerprint density at radius 3 is 2.89 bits per heavy atom. The summed E-state index contributed by atoms with van der Waals surface area (Å²) in [7, 11) is 0. The number of carbonyl (C=O) groups excluding carboxylic acids is 1. The summed E-state index contributed by atoms with van der Waals surface area (Å²) in [5, 5.41) is 4.77. The first kappa shape index (κ1) is 13.4. The summed E-state index contributed by atoms with van der Waals surface area (Å²) in [6.45, 7) is 2.50. The Morgan fingerprint density at radius 1 is 1.61 bits per heavy atom. The Morgan fingerprint density at radius 2 is 2.33 bits per heavy atom. The molecular weight excluding hydrogens is 268 g/mol. The monoisotopic (exact) mass is 284 g/mol. The van der Waals surface area contributed by atoms with Crippen molar-refractivity contribution >= 4 is 34.5 Å². The van der Waals surface area contributed by atoms with Crippen molar-refractivity contribution in [2.24, 2.45) is 5.73 Å². The van der Waals surface area contributed by atoms with Crippen molar-refractivity contribution in [2.75, 3.05) is 19.6 Å². The Hall–Kier alpha value is -1.05. The van der Waals surface area contributed by atoms with Gasteiger partial charge in [-0.25, -0.2) is 4.98 Å². The van der Waals surface area contributed by atoms with Crippen LogP contribution in [0.2, 0.25) is 0 Å². The summed E-state index contributed by atoms with van der Waals surface area (Å²) in [5.41, 5.74) is 7.69. The number of hydrogen-bond donors (Lipinski definition) is 2. The number of rotatable bonds is 4. The highest BCUT2D eigenvalue weighted by Gasteiger charge is 2.21. The van der Waals surface area contributed by atoms with Gasteiger partial charge in [0.1, 0.15) is 5.69 Å². The van der Waals surface area contributed by atoms with Gasteiger partial charge in [0.25, 0.3) is 5.91 Å². The maximum absolute atomic E-state index is 11.8. The normalized spacial score (nSPS) is 17.6. The molecule has 0 aliphatic carbocycles. The fourth-order valence-electron chi connectivity index (χ4n) is 2.04. The van der Waals surface area contributed by atoms with Crippen molar-refractivity contribution in [3.8, 4) is 0 Å². The van der Waals surface area contributed by atoms with Crippen LogP contribution in [0.1, 0.15) is 23.3 Å². The van der Waals surface area contributed by atoms with Gasteiger partial charge in [0.05, 0.1) is 10.5 Å². The van der Waals surface area contributed by atoms with Crippen molar-refractivity contribution in [1.82, 2.24) is 15.2 Å². The molecule has 0 unspecified atom stereocenters. The molecule has 0 radical (unpaired) electrons. The minimum Gasteiger partial charge on any atom is -0.392 e. The van der Waals surface area contributed by atoms with E-state index in [1.54, 1.807) is 10.9 Å². The predicted molar refractivity (Wildman–Crippen MR) is 75.8 cm³/mol. The van der Waals surface area contributed by atoms with E-state index in [-0.39, 0.29) is 11.9 Å². The van der Waals surface area contributed by atoms with E-state index in [0.29, 0.717) is 17.2 Å². The molecule has 1 fully saturated rings. The number of thiazole rings is 1. The lowest BCUT2D eigenvalue weighted by molar-refractivity contribution is 0.0910. The van der Waals surface area contributed by atoms with E-state index < -0.39 is 0 Å². The van der Waals surface area contributed by atoms with Gasteiger partial charge in [-0.3, -0.25) is 9.69 Å². The Kier molecular flexibility index (Phi) is 4.62. The molecule has 1 aromatic heterocycles. The predicted octanol–water partition coefficient (Wildman–Crippen LogP) is 0.623. The Balaban J connectivity index is 1.77. The molecule has 0 aromatic carbocycles. The van der Waals surface area contributed by atoms with Gasteiger partial charge in [0.15, 0.2) is 0 Å². The van der Waals surface area contributed by atoms with Gasteiger partial charge in [-0.2, -0.15) is 0 Å². The van der Waals surface area contributed by atoms with E-state index in [0.717, 1.165) is 25.9 Å². The highest BCUT2D eigenvalue weighted by molar-refractivity contribution is 7.80. The zero-order valence-electron chi connectivity index (χ0n) is 9.96. The second-order valence-electron chi connectivity index (χ2n) is 4.36. The number of nitrogens with two attached hydrogens (primary N) is 1. The average molecular weight is 284 g/mol. The van der Waals surface area contributed by atoms with E-state index in [1.165, 1.54) is 11.3 Å². The Bertz CT molecular complexity index is 413. The molecule has 18 heavy (non-hydrogen) atoms. The number of carbonyl (C=O) groups is 1. The summed E-state index contributed by atoms with van der Waals surface area (Å²) in [4.78, 5) is 18.6. The molecule has 2 heterocycles. The largest absolute Gasteiger partial charge is 0.392 e. The van der Waals surface area contributed by atoms with Crippen molar-refractivity contribution < 1.29 is 4.79 Å². The molecule has 1 aliphatic rings. The van der Waals surface area contributed by atoms with Crippen molar-refractivity contribution in [3.05, 3.63) is 16.6 Å². The number of amides is 1. The summed E-state index contributed by atoms with van der Waals surface area (Å²) >= 11 is 6.32. The highest BCUT2D eigenvalue weighted by Crippen LogP contribution is 2.11. The molecule has 3 N–H and O–H groups in total. The van der Waals surface area contributed by atoms with E-state index in [2.05, 4.69) is 15.2 Å². The van der Waals surface area contributed by atoms with Gasteiger partial charge < -0.3 is 11.1 Å². The zero-order chi connectivity index (χ0) is 13.0. The topological polar surface area (TPSA) is 71.2 Å². The summed E-state index contributed by atoms with van der Waals surface area (Å²) in [6, 6.07) is 0.224. The van der Waals surface area contributed by atoms with E-state index >= 15 is 0 Å². The standard InChI is InChI=1S/C11H16N4OS2/c12-10(17)5-15-3-1-8(2-4-15)14-11(16)9-6-18-7-13-9/h6-8H,1-5H2,(H2,12,17)(H,14,16). The summed E-state index contributed by atoms with van der Waals surface area (Å²) in [6.07, 6.45) is 1.86. The maximum Gasteiger partial charge on any atom is 0.270 e. The molecule has 7 heteroatoms. The summed E-state index contributed by atoms with van der Waals surface area (Å²) < 4.78 is 0. The van der Waals surface area contributed by atoms with Crippen molar-refractivity contribution in [1.29, 1.82) is 0 Å². The van der Waals surface area contributed by atoms with E-state index in [4.69, 9.17) is 18.0 Å². The van der Waals surface area contributed by atoms with Gasteiger partial charge in [0.2, 0.25) is 0 Å². The molecule has 0 atom stereocenters. The second kappa shape index (κ2) is 6.21. The van der Waals surface area contributed by atoms with Crippen LogP contribution in [0, 0.1) is 0 Å². The van der Waals surface area contributed by atoms with Gasteiger partial charge in [-0.15, -0.1) is 11.3 Å². The third kappa shape index (κ3) is 3.72. The molecule has 0 spiro atoms. The van der Waals surface area contributed by atoms with Crippen molar-refractivity contribution in [3.63, 3.8) is 0 Å². The summed E-state index contributed by atoms with van der Waals surface area (Å²) in [5.74, 6) is -0.0796. The third-order valence-electron chi connectivity index (χ3n) is 2.97. The van der Waals surface area contributed by atoms with Crippen molar-refractivity contribution in [2.45, 2.75) is 18.9 Å². The first-order valence-electron chi connectivity index (χ1n) is 5.85. The van der Waals surface area contributed by atoms with Gasteiger partial charge >= 0.3 is 0 Å². The van der Waals surface area contributed by atoms with Crippen LogP contribution in [-0.4, -0.2) is 46.5 Å². The van der Waals surface area contributed by atoms with Crippen LogP contribution in [0.25, 0.3) is 0 Å². The molecule has 2 rings (SSSR count). The lowest BCUT2D eigenvalue weighted by Crippen LogP contribution is -2.46. The number of piperidine rings is 1. The zero-order valence-corrected chi connectivity index (χ0v) is 11.6. The van der Waals surface area contributed by atoms with Crippen LogP contribution in [0.3, 0.4) is 0 Å². The van der Waals surface area contributed by atoms with E-state index in [9.17, 15) is 4.79 Å². The molecule has 0 bridgehead atoms. The molecule has 1 aromatic rings. The SMILES string of the molecule is NC(=S)CN1CCC(NC(=O)c2cscn2)CC1. The molecule has 98 valence electrons. The van der Waals surface area contributed by atoms with Crippen LogP contribution in [0.5, 0.6) is 0 Å². The number of aromatic nitrogens is 1. The number of nitrogens with one attached hydrogen (secondary N) is 1. The first-order chi connectivity index (χ1) is 8.65. The smallest absolute Gasteiger partial charge is 0.270 e. The fourth-order valence-corrected chi connectivity index (χ4v) is 2.75. The number of thiocarbonyl (C=S) groups is 1. The molecular formula is C11H16N4OS2. The van der Waals surface area contributed by atoms with Crippen LogP contribution < -0.4 is 11.1 Å². The third-order valence-corrected chi connectivity index (χ3v) is 3.68. The number of hydrogen-bond acceptors (Lipinski definition) is 5. The molecule has 1 aliphatic heterocycles. The first-order valence-corrected chi connectivity index (χ1v) is 7.20. The number of nitrogens with zero attached hydrogens (tertiary/aromatic N) is 2. The fraction of sp³-hybridized carbons (Fsp3) is 0.545. The maximum atomic E-state index is 11.8. The van der Waals surface area contributed by atoms with Crippen LogP contribution in [-0.2, 0) is 0 Å². The van der Waals surface area contributed by atoms with Gasteiger partial charge in [-0.05, 0) is 12.8 Å². The van der Waals surface area contributed by atoms with Gasteiger partial charge in [-0.1, -0.05) is 12.2 Å². The lowest BCUT2D eigenvalue weighted by atomic mass is 10.0. The lowest BCUT2D eigenvalue weighted by Gasteiger charge is -2.31. The second-order valence-corrected chi connectivity index (χ2v) is 5.61. The quantitative estimate of drug-likeness (QED) is 0.793. The van der Waals surface area contributed by atoms with E-state index in [1.807, 2.05) is 0 Å². The van der Waals surface area contributed by atoms with Gasteiger partial charge in [0, 0.05) is 31.1 Å².